The van der Waals surface area contributed by atoms with E-state index in [0.29, 0.717) is 26.1 Å². The Bertz CT molecular complexity index is 297. The van der Waals surface area contributed by atoms with Gasteiger partial charge in [0.15, 0.2) is 0 Å². The maximum absolute atomic E-state index is 11.7. The van der Waals surface area contributed by atoms with Crippen LogP contribution in [-0.4, -0.2) is 55.2 Å². The van der Waals surface area contributed by atoms with Crippen LogP contribution in [0.4, 0.5) is 4.79 Å². The highest BCUT2D eigenvalue weighted by Crippen LogP contribution is 2.05. The molecule has 20 heavy (non-hydrogen) atoms. The molecular weight excluding hydrogens is 258 g/mol. The zero-order valence-corrected chi connectivity index (χ0v) is 13.4. The summed E-state index contributed by atoms with van der Waals surface area (Å²) in [6, 6.07) is 0. The number of hydrogen-bond donors (Lipinski definition) is 2. The van der Waals surface area contributed by atoms with E-state index in [1.54, 1.807) is 4.90 Å². The molecule has 0 spiro atoms. The van der Waals surface area contributed by atoms with Crippen LogP contribution in [0.2, 0.25) is 0 Å². The number of carbonyl (C=O) groups is 2. The van der Waals surface area contributed by atoms with E-state index in [1.807, 2.05) is 34.6 Å². The Morgan fingerprint density at radius 3 is 2.15 bits per heavy atom. The lowest BCUT2D eigenvalue weighted by atomic mass is 10.2. The first-order valence-corrected chi connectivity index (χ1v) is 7.25. The molecule has 0 bridgehead atoms. The van der Waals surface area contributed by atoms with Crippen LogP contribution in [0, 0.1) is 0 Å². The van der Waals surface area contributed by atoms with Gasteiger partial charge in [-0.2, -0.15) is 0 Å². The Kier molecular flexibility index (Phi) is 8.96. The highest BCUT2D eigenvalue weighted by Gasteiger charge is 2.15. The molecule has 2 amide bonds. The van der Waals surface area contributed by atoms with Crippen LogP contribution in [0.25, 0.3) is 0 Å². The fourth-order valence-electron chi connectivity index (χ4n) is 1.62. The van der Waals surface area contributed by atoms with Crippen molar-refractivity contribution in [1.29, 1.82) is 0 Å². The molecule has 0 fully saturated rings. The van der Waals surface area contributed by atoms with Crippen LogP contribution in [0.5, 0.6) is 0 Å². The quantitative estimate of drug-likeness (QED) is 0.661. The molecule has 0 saturated heterocycles. The van der Waals surface area contributed by atoms with Crippen molar-refractivity contribution < 1.29 is 14.3 Å². The van der Waals surface area contributed by atoms with Gasteiger partial charge in [0.2, 0.25) is 5.91 Å². The normalized spacial score (nSPS) is 11.1. The Labute approximate surface area is 122 Å². The third kappa shape index (κ3) is 9.61. The van der Waals surface area contributed by atoms with Crippen LogP contribution in [0.15, 0.2) is 0 Å². The van der Waals surface area contributed by atoms with Crippen LogP contribution in [0.1, 0.15) is 41.0 Å². The summed E-state index contributed by atoms with van der Waals surface area (Å²) >= 11 is 0. The molecule has 0 aliphatic heterocycles. The maximum atomic E-state index is 11.7. The van der Waals surface area contributed by atoms with Crippen molar-refractivity contribution >= 4 is 12.0 Å². The minimum Gasteiger partial charge on any atom is -0.444 e. The Morgan fingerprint density at radius 2 is 1.65 bits per heavy atom. The number of nitrogens with one attached hydrogen (secondary N) is 2. The lowest BCUT2D eigenvalue weighted by Crippen LogP contribution is -2.37. The van der Waals surface area contributed by atoms with E-state index in [0.717, 1.165) is 13.1 Å². The lowest BCUT2D eigenvalue weighted by molar-refractivity contribution is -0.130. The van der Waals surface area contributed by atoms with E-state index < -0.39 is 11.7 Å². The second-order valence-corrected chi connectivity index (χ2v) is 5.49. The Balaban J connectivity index is 3.59. The molecule has 0 atom stereocenters. The van der Waals surface area contributed by atoms with Crippen LogP contribution < -0.4 is 10.6 Å². The third-order valence-corrected chi connectivity index (χ3v) is 2.60. The summed E-state index contributed by atoms with van der Waals surface area (Å²) < 4.78 is 5.10. The number of hydrogen-bond acceptors (Lipinski definition) is 4. The largest absolute Gasteiger partial charge is 0.444 e. The first kappa shape index (κ1) is 18.7. The van der Waals surface area contributed by atoms with Gasteiger partial charge in [-0.25, -0.2) is 4.79 Å². The molecule has 0 rings (SSSR count). The van der Waals surface area contributed by atoms with E-state index in [-0.39, 0.29) is 5.91 Å². The van der Waals surface area contributed by atoms with Gasteiger partial charge in [-0.3, -0.25) is 4.79 Å². The molecule has 0 aromatic carbocycles. The van der Waals surface area contributed by atoms with Crippen molar-refractivity contribution in [3.63, 3.8) is 0 Å². The van der Waals surface area contributed by atoms with Gasteiger partial charge < -0.3 is 20.3 Å². The standard InChI is InChI=1S/C14H29N3O3/c1-6-17(7-2)12(18)8-9-15-10-11-16-13(19)20-14(3,4)5/h15H,6-11H2,1-5H3,(H,16,19). The first-order valence-electron chi connectivity index (χ1n) is 7.25. The topological polar surface area (TPSA) is 70.7 Å². The molecule has 118 valence electrons. The number of rotatable bonds is 8. The Hall–Kier alpha value is -1.30. The predicted molar refractivity (Wildman–Crippen MR) is 79.7 cm³/mol. The van der Waals surface area contributed by atoms with Crippen LogP contribution in [-0.2, 0) is 9.53 Å². The summed E-state index contributed by atoms with van der Waals surface area (Å²) in [6.07, 6.45) is 0.0622. The van der Waals surface area contributed by atoms with Crippen molar-refractivity contribution in [1.82, 2.24) is 15.5 Å². The summed E-state index contributed by atoms with van der Waals surface area (Å²) in [5, 5.41) is 5.77. The summed E-state index contributed by atoms with van der Waals surface area (Å²) in [5.74, 6) is 0.155. The molecule has 0 saturated carbocycles. The van der Waals surface area contributed by atoms with Gasteiger partial charge in [0.05, 0.1) is 0 Å². The maximum Gasteiger partial charge on any atom is 0.407 e. The van der Waals surface area contributed by atoms with Gasteiger partial charge in [-0.15, -0.1) is 0 Å². The molecule has 2 N–H and O–H groups in total. The zero-order valence-electron chi connectivity index (χ0n) is 13.4. The molecule has 0 aliphatic rings. The van der Waals surface area contributed by atoms with E-state index >= 15 is 0 Å². The van der Waals surface area contributed by atoms with Gasteiger partial charge in [-0.1, -0.05) is 0 Å². The monoisotopic (exact) mass is 287 g/mol. The van der Waals surface area contributed by atoms with E-state index in [9.17, 15) is 9.59 Å². The van der Waals surface area contributed by atoms with Crippen molar-refractivity contribution in [2.24, 2.45) is 0 Å². The number of alkyl carbamates (subject to hydrolysis) is 1. The fraction of sp³-hybridized carbons (Fsp3) is 0.857. The predicted octanol–water partition coefficient (Wildman–Crippen LogP) is 1.36. The highest BCUT2D eigenvalue weighted by molar-refractivity contribution is 5.76. The summed E-state index contributed by atoms with van der Waals surface area (Å²) in [4.78, 5) is 24.9. The average Bonchev–Trinajstić information content (AvgIpc) is 2.32. The summed E-state index contributed by atoms with van der Waals surface area (Å²) in [7, 11) is 0. The summed E-state index contributed by atoms with van der Waals surface area (Å²) in [5.41, 5.74) is -0.478. The summed E-state index contributed by atoms with van der Waals surface area (Å²) in [6.45, 7) is 12.6. The molecule has 0 unspecified atom stereocenters. The van der Waals surface area contributed by atoms with Gasteiger partial charge in [0.25, 0.3) is 0 Å². The number of amides is 2. The molecule has 0 radical (unpaired) electrons. The smallest absolute Gasteiger partial charge is 0.407 e. The van der Waals surface area contributed by atoms with Crippen molar-refractivity contribution in [3.05, 3.63) is 0 Å². The van der Waals surface area contributed by atoms with Crippen molar-refractivity contribution in [2.45, 2.75) is 46.6 Å². The van der Waals surface area contributed by atoms with E-state index in [2.05, 4.69) is 10.6 Å². The van der Waals surface area contributed by atoms with Crippen molar-refractivity contribution in [3.8, 4) is 0 Å². The molecule has 6 nitrogen and oxygen atoms in total. The number of nitrogens with zero attached hydrogens (tertiary/aromatic N) is 1. The molecule has 0 aliphatic carbocycles. The average molecular weight is 287 g/mol. The first-order chi connectivity index (χ1) is 9.30. The minimum absolute atomic E-state index is 0.155. The molecule has 6 heteroatoms. The highest BCUT2D eigenvalue weighted by atomic mass is 16.6. The van der Waals surface area contributed by atoms with Gasteiger partial charge in [0.1, 0.15) is 5.60 Å². The Morgan fingerprint density at radius 1 is 1.05 bits per heavy atom. The number of ether oxygens (including phenoxy) is 1. The molecule has 0 aromatic rings. The lowest BCUT2D eigenvalue weighted by Gasteiger charge is -2.20. The van der Waals surface area contributed by atoms with E-state index in [1.165, 1.54) is 0 Å². The third-order valence-electron chi connectivity index (χ3n) is 2.60. The van der Waals surface area contributed by atoms with E-state index in [4.69, 9.17) is 4.74 Å². The molecule has 0 aromatic heterocycles. The second kappa shape index (κ2) is 9.58. The zero-order chi connectivity index (χ0) is 15.6. The van der Waals surface area contributed by atoms with Gasteiger partial charge >= 0.3 is 6.09 Å². The minimum atomic E-state index is -0.478. The number of carbonyl (C=O) groups excluding carboxylic acids is 2. The van der Waals surface area contributed by atoms with Crippen LogP contribution in [0.3, 0.4) is 0 Å². The second-order valence-electron chi connectivity index (χ2n) is 5.49. The molecule has 0 heterocycles. The van der Waals surface area contributed by atoms with Gasteiger partial charge in [0, 0.05) is 39.1 Å². The van der Waals surface area contributed by atoms with Gasteiger partial charge in [-0.05, 0) is 34.6 Å². The van der Waals surface area contributed by atoms with Crippen molar-refractivity contribution in [2.75, 3.05) is 32.7 Å². The van der Waals surface area contributed by atoms with Crippen LogP contribution >= 0.6 is 0 Å². The fourth-order valence-corrected chi connectivity index (χ4v) is 1.62. The SMILES string of the molecule is CCN(CC)C(=O)CCNCCNC(=O)OC(C)(C)C. The molecular formula is C14H29N3O3.